The third kappa shape index (κ3) is 3.93. The third-order valence-electron chi connectivity index (χ3n) is 10.3. The van der Waals surface area contributed by atoms with Gasteiger partial charge in [-0.05, 0) is 103 Å². The lowest BCUT2D eigenvalue weighted by Gasteiger charge is -2.57. The molecule has 1 aromatic heterocycles. The van der Waals surface area contributed by atoms with Crippen LogP contribution in [-0.4, -0.2) is 35.3 Å². The normalized spacial score (nSPS) is 33.1. The number of rotatable bonds is 4. The van der Waals surface area contributed by atoms with E-state index < -0.39 is 0 Å². The average Bonchev–Trinajstić information content (AvgIpc) is 3.22. The molecule has 1 amide bonds. The monoisotopic (exact) mass is 515 g/mol. The van der Waals surface area contributed by atoms with Gasteiger partial charge in [-0.3, -0.25) is 9.59 Å². The molecule has 4 aliphatic carbocycles. The van der Waals surface area contributed by atoms with Crippen molar-refractivity contribution < 1.29 is 19.1 Å². The van der Waals surface area contributed by atoms with Crippen LogP contribution in [0.2, 0.25) is 0 Å². The maximum absolute atomic E-state index is 13.5. The van der Waals surface area contributed by atoms with Gasteiger partial charge in [0.15, 0.2) is 5.69 Å². The molecule has 0 spiro atoms. The fourth-order valence-corrected chi connectivity index (χ4v) is 8.45. The van der Waals surface area contributed by atoms with E-state index in [2.05, 4.69) is 35.4 Å². The van der Waals surface area contributed by atoms with Crippen LogP contribution >= 0.6 is 0 Å². The summed E-state index contributed by atoms with van der Waals surface area (Å²) >= 11 is 0. The summed E-state index contributed by atoms with van der Waals surface area (Å²) in [5, 5.41) is 11.7. The number of hydrogen-bond acceptors (Lipinski definition) is 6. The summed E-state index contributed by atoms with van der Waals surface area (Å²) in [4.78, 5) is 25.1. The standard InChI is InChI=1S/C31H37N3O4/c1-18(35)38-23-11-13-30(2)20(16-23)5-10-24-25(30)12-14-31(3)26(24)15-19-17-32-34-28(27(19)31)29(36)33-21-6-8-22(37-4)9-7-21/h5-9,17,23-26H,10-16H2,1-4H3,(H,33,36)/t23-,24+,25-,26-,30-,31-/m0/s1. The maximum Gasteiger partial charge on any atom is 0.302 e. The van der Waals surface area contributed by atoms with E-state index in [1.807, 2.05) is 30.5 Å². The van der Waals surface area contributed by atoms with Crippen molar-refractivity contribution in [2.24, 2.45) is 23.2 Å². The van der Waals surface area contributed by atoms with Crippen molar-refractivity contribution in [2.45, 2.75) is 77.2 Å². The Morgan fingerprint density at radius 1 is 1.03 bits per heavy atom. The first kappa shape index (κ1) is 25.1. The van der Waals surface area contributed by atoms with E-state index in [1.165, 1.54) is 18.1 Å². The summed E-state index contributed by atoms with van der Waals surface area (Å²) in [7, 11) is 1.62. The van der Waals surface area contributed by atoms with E-state index in [4.69, 9.17) is 9.47 Å². The van der Waals surface area contributed by atoms with Crippen molar-refractivity contribution >= 4 is 17.6 Å². The number of benzene rings is 1. The molecule has 1 N–H and O–H groups in total. The minimum absolute atomic E-state index is 0.0110. The molecule has 0 bridgehead atoms. The summed E-state index contributed by atoms with van der Waals surface area (Å²) < 4.78 is 10.8. The van der Waals surface area contributed by atoms with Crippen molar-refractivity contribution in [1.82, 2.24) is 10.2 Å². The number of allylic oxidation sites excluding steroid dienone is 1. The van der Waals surface area contributed by atoms with E-state index in [9.17, 15) is 9.59 Å². The fourth-order valence-electron chi connectivity index (χ4n) is 8.45. The van der Waals surface area contributed by atoms with Gasteiger partial charge in [0, 0.05) is 19.0 Å². The van der Waals surface area contributed by atoms with Crippen molar-refractivity contribution in [1.29, 1.82) is 0 Å². The second kappa shape index (κ2) is 9.21. The van der Waals surface area contributed by atoms with Crippen LogP contribution < -0.4 is 10.1 Å². The van der Waals surface area contributed by atoms with Crippen LogP contribution in [0.4, 0.5) is 5.69 Å². The maximum atomic E-state index is 13.5. The van der Waals surface area contributed by atoms with Crippen LogP contribution in [0.15, 0.2) is 42.1 Å². The third-order valence-corrected chi connectivity index (χ3v) is 10.3. The molecule has 2 saturated carbocycles. The smallest absolute Gasteiger partial charge is 0.302 e. The second-order valence-corrected chi connectivity index (χ2v) is 12.2. The van der Waals surface area contributed by atoms with Gasteiger partial charge in [0.05, 0.1) is 13.3 Å². The van der Waals surface area contributed by atoms with Crippen LogP contribution in [0.25, 0.3) is 0 Å². The van der Waals surface area contributed by atoms with Gasteiger partial charge in [-0.25, -0.2) is 0 Å². The second-order valence-electron chi connectivity index (χ2n) is 12.2. The molecule has 6 rings (SSSR count). The lowest BCUT2D eigenvalue weighted by Crippen LogP contribution is -2.51. The zero-order valence-corrected chi connectivity index (χ0v) is 22.8. The fraction of sp³-hybridized carbons (Fsp3) is 0.548. The molecule has 2 fully saturated rings. The quantitative estimate of drug-likeness (QED) is 0.418. The van der Waals surface area contributed by atoms with E-state index in [0.29, 0.717) is 29.1 Å². The van der Waals surface area contributed by atoms with Gasteiger partial charge in [0.1, 0.15) is 11.9 Å². The van der Waals surface area contributed by atoms with Gasteiger partial charge in [-0.1, -0.05) is 25.5 Å². The number of methoxy groups -OCH3 is 1. The molecule has 7 nitrogen and oxygen atoms in total. The number of amides is 1. The molecule has 4 aliphatic rings. The number of nitrogens with one attached hydrogen (secondary N) is 1. The highest BCUT2D eigenvalue weighted by Gasteiger charge is 2.58. The molecule has 7 heteroatoms. The topological polar surface area (TPSA) is 90.4 Å². The Balaban J connectivity index is 1.27. The van der Waals surface area contributed by atoms with E-state index >= 15 is 0 Å². The van der Waals surface area contributed by atoms with E-state index in [-0.39, 0.29) is 28.8 Å². The predicted molar refractivity (Wildman–Crippen MR) is 144 cm³/mol. The molecular formula is C31H37N3O4. The van der Waals surface area contributed by atoms with Gasteiger partial charge in [-0.2, -0.15) is 5.10 Å². The summed E-state index contributed by atoms with van der Waals surface area (Å²) in [6, 6.07) is 7.35. The highest BCUT2D eigenvalue weighted by Crippen LogP contribution is 2.64. The molecule has 1 heterocycles. The average molecular weight is 516 g/mol. The van der Waals surface area contributed by atoms with Crippen LogP contribution in [0, 0.1) is 23.2 Å². The Kier molecular flexibility index (Phi) is 6.08. The number of carbonyl (C=O) groups is 2. The summed E-state index contributed by atoms with van der Waals surface area (Å²) in [6.07, 6.45) is 11.4. The largest absolute Gasteiger partial charge is 0.497 e. The Bertz CT molecular complexity index is 1300. The van der Waals surface area contributed by atoms with Crippen molar-refractivity contribution in [3.8, 4) is 5.75 Å². The van der Waals surface area contributed by atoms with Gasteiger partial charge >= 0.3 is 5.97 Å². The molecular weight excluding hydrogens is 478 g/mol. The highest BCUT2D eigenvalue weighted by molar-refractivity contribution is 6.04. The lowest BCUT2D eigenvalue weighted by atomic mass is 9.47. The summed E-state index contributed by atoms with van der Waals surface area (Å²) in [5.74, 6) is 1.97. The molecule has 0 radical (unpaired) electrons. The molecule has 1 aromatic carbocycles. The van der Waals surface area contributed by atoms with E-state index in [0.717, 1.165) is 56.3 Å². The van der Waals surface area contributed by atoms with Crippen molar-refractivity contribution in [3.05, 3.63) is 58.9 Å². The highest BCUT2D eigenvalue weighted by atomic mass is 16.5. The van der Waals surface area contributed by atoms with Gasteiger partial charge < -0.3 is 14.8 Å². The zero-order valence-electron chi connectivity index (χ0n) is 22.8. The van der Waals surface area contributed by atoms with E-state index in [1.54, 1.807) is 7.11 Å². The first-order valence-corrected chi connectivity index (χ1v) is 13.9. The van der Waals surface area contributed by atoms with Crippen molar-refractivity contribution in [3.63, 3.8) is 0 Å². The number of esters is 1. The number of carbonyl (C=O) groups excluding carboxylic acids is 2. The first-order chi connectivity index (χ1) is 18.2. The molecule has 38 heavy (non-hydrogen) atoms. The number of anilines is 1. The predicted octanol–water partition coefficient (Wildman–Crippen LogP) is 5.65. The van der Waals surface area contributed by atoms with Gasteiger partial charge in [0.2, 0.25) is 0 Å². The molecule has 0 saturated heterocycles. The molecule has 0 unspecified atom stereocenters. The zero-order chi connectivity index (χ0) is 26.7. The van der Waals surface area contributed by atoms with Gasteiger partial charge in [0.25, 0.3) is 5.91 Å². The Hall–Kier alpha value is -3.22. The first-order valence-electron chi connectivity index (χ1n) is 13.9. The Morgan fingerprint density at radius 3 is 2.53 bits per heavy atom. The number of hydrogen-bond donors (Lipinski definition) is 1. The molecule has 200 valence electrons. The minimum atomic E-state index is -0.204. The van der Waals surface area contributed by atoms with Crippen LogP contribution in [0.5, 0.6) is 5.75 Å². The summed E-state index contributed by atoms with van der Waals surface area (Å²) in [6.45, 7) is 6.31. The lowest BCUT2D eigenvalue weighted by molar-refractivity contribution is -0.148. The number of ether oxygens (including phenoxy) is 2. The SMILES string of the molecule is COc1ccc(NC(=O)c2nncc3c2[C@@]2(C)CC[C@H]4[C@@H](CC=C5C[C@@H](OC(C)=O)CC[C@@]54C)[C@@H]2C3)cc1. The number of aromatic nitrogens is 2. The molecule has 0 aliphatic heterocycles. The van der Waals surface area contributed by atoms with Crippen LogP contribution in [0.3, 0.4) is 0 Å². The molecule has 2 aromatic rings. The molecule has 6 atom stereocenters. The Labute approximate surface area is 224 Å². The van der Waals surface area contributed by atoms with Crippen LogP contribution in [0.1, 0.15) is 80.9 Å². The number of nitrogens with zero attached hydrogens (tertiary/aromatic N) is 2. The Morgan fingerprint density at radius 2 is 1.79 bits per heavy atom. The van der Waals surface area contributed by atoms with Gasteiger partial charge in [-0.15, -0.1) is 5.10 Å². The number of fused-ring (bicyclic) bond motifs is 7. The summed E-state index contributed by atoms with van der Waals surface area (Å²) in [5.41, 5.74) is 4.98. The van der Waals surface area contributed by atoms with Crippen molar-refractivity contribution in [2.75, 3.05) is 12.4 Å². The van der Waals surface area contributed by atoms with Crippen LogP contribution in [-0.2, 0) is 21.4 Å². The minimum Gasteiger partial charge on any atom is -0.497 e.